The first-order valence-corrected chi connectivity index (χ1v) is 8.11. The predicted molar refractivity (Wildman–Crippen MR) is 94.5 cm³/mol. The second-order valence-electron chi connectivity index (χ2n) is 6.83. The van der Waals surface area contributed by atoms with Gasteiger partial charge in [-0.1, -0.05) is 0 Å². The van der Waals surface area contributed by atoms with E-state index in [2.05, 4.69) is 4.98 Å². The molecule has 2 N–H and O–H groups in total. The Morgan fingerprint density at radius 2 is 1.84 bits per heavy atom. The summed E-state index contributed by atoms with van der Waals surface area (Å²) in [7, 11) is 0. The molecule has 0 spiro atoms. The lowest BCUT2D eigenvalue weighted by Gasteiger charge is -2.28. The average molecular weight is 345 g/mol. The highest BCUT2D eigenvalue weighted by Crippen LogP contribution is 2.33. The molecule has 6 heteroatoms. The van der Waals surface area contributed by atoms with Crippen molar-refractivity contribution in [1.82, 2.24) is 9.55 Å². The summed E-state index contributed by atoms with van der Waals surface area (Å²) in [5.41, 5.74) is 7.22. The Hall–Kier alpha value is -2.63. The monoisotopic (exact) mass is 345 g/mol. The number of imidazole rings is 1. The second-order valence-corrected chi connectivity index (χ2v) is 6.83. The molecule has 0 unspecified atom stereocenters. The van der Waals surface area contributed by atoms with Gasteiger partial charge in [0.2, 0.25) is 0 Å². The van der Waals surface area contributed by atoms with Crippen LogP contribution in [0.3, 0.4) is 0 Å². The van der Waals surface area contributed by atoms with Crippen LogP contribution in [0.15, 0.2) is 36.4 Å². The van der Waals surface area contributed by atoms with Crippen LogP contribution in [0.2, 0.25) is 0 Å². The number of aromatic nitrogens is 2. The molecule has 0 radical (unpaired) electrons. The van der Waals surface area contributed by atoms with Crippen molar-refractivity contribution in [3.63, 3.8) is 0 Å². The number of hydrogen-bond donors (Lipinski definition) is 1. The molecule has 3 aromatic rings. The minimum Gasteiger partial charge on any atom is -0.477 e. The maximum atomic E-state index is 14.0. The number of fused-ring (bicyclic) bond motifs is 1. The van der Waals surface area contributed by atoms with Crippen LogP contribution in [0, 0.1) is 11.6 Å². The van der Waals surface area contributed by atoms with E-state index in [-0.39, 0.29) is 11.8 Å². The Labute approximate surface area is 145 Å². The Morgan fingerprint density at radius 1 is 1.12 bits per heavy atom. The van der Waals surface area contributed by atoms with Crippen molar-refractivity contribution in [2.75, 3.05) is 5.73 Å². The molecule has 0 bridgehead atoms. The zero-order valence-corrected chi connectivity index (χ0v) is 14.7. The van der Waals surface area contributed by atoms with E-state index in [1.54, 1.807) is 19.9 Å². The highest BCUT2D eigenvalue weighted by molar-refractivity contribution is 5.80. The Bertz CT molecular complexity index is 932. The number of halogens is 2. The molecule has 0 aliphatic heterocycles. The smallest absolute Gasteiger partial charge is 0.168 e. The van der Waals surface area contributed by atoms with E-state index >= 15 is 0 Å². The quantitative estimate of drug-likeness (QED) is 0.692. The molecule has 0 amide bonds. The van der Waals surface area contributed by atoms with Crippen LogP contribution < -0.4 is 10.5 Å². The summed E-state index contributed by atoms with van der Waals surface area (Å²) in [6.45, 7) is 7.68. The number of benzene rings is 2. The molecule has 4 nitrogen and oxygen atoms in total. The van der Waals surface area contributed by atoms with Crippen molar-refractivity contribution in [2.24, 2.45) is 0 Å². The maximum absolute atomic E-state index is 14.0. The van der Waals surface area contributed by atoms with E-state index in [1.165, 1.54) is 12.1 Å². The Morgan fingerprint density at radius 3 is 2.48 bits per heavy atom. The molecule has 0 aliphatic carbocycles. The zero-order chi connectivity index (χ0) is 18.4. The van der Waals surface area contributed by atoms with E-state index in [1.807, 2.05) is 30.5 Å². The van der Waals surface area contributed by atoms with Gasteiger partial charge in [-0.05, 0) is 58.0 Å². The third kappa shape index (κ3) is 3.16. The molecule has 0 saturated carbocycles. The summed E-state index contributed by atoms with van der Waals surface area (Å²) in [6, 6.07) is 8.90. The van der Waals surface area contributed by atoms with Crippen molar-refractivity contribution in [3.8, 4) is 5.75 Å². The number of hydrogen-bond acceptors (Lipinski definition) is 3. The van der Waals surface area contributed by atoms with Gasteiger partial charge in [-0.25, -0.2) is 13.8 Å². The number of anilines is 1. The summed E-state index contributed by atoms with van der Waals surface area (Å²) >= 11 is 0. The third-order valence-corrected chi connectivity index (χ3v) is 4.03. The van der Waals surface area contributed by atoms with Crippen molar-refractivity contribution in [2.45, 2.75) is 39.3 Å². The predicted octanol–water partition coefficient (Wildman–Crippen LogP) is 4.79. The summed E-state index contributed by atoms with van der Waals surface area (Å²) < 4.78 is 35.0. The molecule has 132 valence electrons. The van der Waals surface area contributed by atoms with Crippen LogP contribution in [-0.4, -0.2) is 9.55 Å². The molecule has 1 heterocycles. The van der Waals surface area contributed by atoms with Gasteiger partial charge >= 0.3 is 0 Å². The minimum absolute atomic E-state index is 0.0201. The van der Waals surface area contributed by atoms with Gasteiger partial charge in [0.25, 0.3) is 0 Å². The normalized spacial score (nSPS) is 12.1. The summed E-state index contributed by atoms with van der Waals surface area (Å²) in [5.74, 6) is -0.767. The van der Waals surface area contributed by atoms with Gasteiger partial charge in [0.05, 0.1) is 11.0 Å². The Kier molecular flexibility index (Phi) is 4.14. The number of nitrogens with zero attached hydrogens (tertiary/aromatic N) is 2. The van der Waals surface area contributed by atoms with E-state index in [0.717, 1.165) is 17.1 Å². The fourth-order valence-electron chi connectivity index (χ4n) is 2.94. The van der Waals surface area contributed by atoms with Crippen molar-refractivity contribution in [3.05, 3.63) is 53.9 Å². The van der Waals surface area contributed by atoms with Gasteiger partial charge in [0, 0.05) is 17.8 Å². The highest BCUT2D eigenvalue weighted by Gasteiger charge is 2.31. The van der Waals surface area contributed by atoms with Crippen molar-refractivity contribution >= 4 is 16.7 Å². The fraction of sp³-hybridized carbons (Fsp3) is 0.316. The van der Waals surface area contributed by atoms with Crippen LogP contribution in [0.5, 0.6) is 5.75 Å². The molecular formula is C19H21F2N3O. The Balaban J connectivity index is 2.11. The zero-order valence-electron chi connectivity index (χ0n) is 14.7. The van der Waals surface area contributed by atoms with Gasteiger partial charge < -0.3 is 15.0 Å². The largest absolute Gasteiger partial charge is 0.477 e. The highest BCUT2D eigenvalue weighted by atomic mass is 19.1. The lowest BCUT2D eigenvalue weighted by molar-refractivity contribution is 0.0878. The lowest BCUT2D eigenvalue weighted by atomic mass is 10.1. The first-order chi connectivity index (χ1) is 11.7. The standard InChI is InChI=1S/C19H21F2N3O/c1-11(2)24-16-7-6-13(22)10-15(16)23-18(24)19(3,4)25-17-8-5-12(20)9-14(17)21/h5-11H,22H2,1-4H3. The summed E-state index contributed by atoms with van der Waals surface area (Å²) in [5, 5.41) is 0. The number of nitrogens with two attached hydrogens (primary N) is 1. The molecule has 3 rings (SSSR count). The molecule has 25 heavy (non-hydrogen) atoms. The molecular weight excluding hydrogens is 324 g/mol. The van der Waals surface area contributed by atoms with Gasteiger partial charge in [-0.3, -0.25) is 0 Å². The number of rotatable bonds is 4. The minimum atomic E-state index is -0.934. The molecule has 0 fully saturated rings. The number of nitrogen functional groups attached to an aromatic ring is 1. The van der Waals surface area contributed by atoms with E-state index in [4.69, 9.17) is 10.5 Å². The summed E-state index contributed by atoms with van der Waals surface area (Å²) in [4.78, 5) is 4.67. The third-order valence-electron chi connectivity index (χ3n) is 4.03. The van der Waals surface area contributed by atoms with Crippen LogP contribution in [-0.2, 0) is 5.60 Å². The van der Waals surface area contributed by atoms with Gasteiger partial charge in [0.15, 0.2) is 23.0 Å². The molecule has 1 aromatic heterocycles. The topological polar surface area (TPSA) is 53.1 Å². The first kappa shape index (κ1) is 17.2. The van der Waals surface area contributed by atoms with E-state index < -0.39 is 17.2 Å². The molecule has 0 saturated heterocycles. The van der Waals surface area contributed by atoms with Crippen LogP contribution >= 0.6 is 0 Å². The molecule has 2 aromatic carbocycles. The molecule has 0 atom stereocenters. The maximum Gasteiger partial charge on any atom is 0.168 e. The summed E-state index contributed by atoms with van der Waals surface area (Å²) in [6.07, 6.45) is 0. The van der Waals surface area contributed by atoms with Crippen molar-refractivity contribution in [1.29, 1.82) is 0 Å². The molecule has 0 aliphatic rings. The number of ether oxygens (including phenoxy) is 1. The second kappa shape index (κ2) is 6.02. The average Bonchev–Trinajstić information content (AvgIpc) is 2.89. The van der Waals surface area contributed by atoms with Crippen LogP contribution in [0.4, 0.5) is 14.5 Å². The van der Waals surface area contributed by atoms with E-state index in [9.17, 15) is 8.78 Å². The van der Waals surface area contributed by atoms with Crippen LogP contribution in [0.25, 0.3) is 11.0 Å². The van der Waals surface area contributed by atoms with E-state index in [0.29, 0.717) is 11.5 Å². The first-order valence-electron chi connectivity index (χ1n) is 8.11. The van der Waals surface area contributed by atoms with Crippen LogP contribution in [0.1, 0.15) is 39.6 Å². The van der Waals surface area contributed by atoms with Crippen molar-refractivity contribution < 1.29 is 13.5 Å². The van der Waals surface area contributed by atoms with Gasteiger partial charge in [-0.15, -0.1) is 0 Å². The SMILES string of the molecule is CC(C)n1c(C(C)(C)Oc2ccc(F)cc2F)nc2cc(N)ccc21. The van der Waals surface area contributed by atoms with Gasteiger partial charge in [-0.2, -0.15) is 0 Å². The fourth-order valence-corrected chi connectivity index (χ4v) is 2.94. The van der Waals surface area contributed by atoms with Gasteiger partial charge in [0.1, 0.15) is 5.82 Å². The lowest BCUT2D eigenvalue weighted by Crippen LogP contribution is -2.30.